The molecule has 0 aliphatic rings. The summed E-state index contributed by atoms with van der Waals surface area (Å²) >= 11 is 6.02. The van der Waals surface area contributed by atoms with Gasteiger partial charge in [0.1, 0.15) is 23.2 Å². The van der Waals surface area contributed by atoms with Crippen LogP contribution >= 0.6 is 11.6 Å². The normalized spacial score (nSPS) is 10.0. The van der Waals surface area contributed by atoms with Crippen LogP contribution in [0.4, 0.5) is 10.1 Å². The SMILES string of the molecule is COc1ncnc(-c2cc(N)c(C#N)cc2F)c1Cl. The summed E-state index contributed by atoms with van der Waals surface area (Å²) in [6.45, 7) is 0. The lowest BCUT2D eigenvalue weighted by Gasteiger charge is -2.09. The highest BCUT2D eigenvalue weighted by Crippen LogP contribution is 2.34. The van der Waals surface area contributed by atoms with E-state index in [1.165, 1.54) is 19.5 Å². The molecule has 5 nitrogen and oxygen atoms in total. The summed E-state index contributed by atoms with van der Waals surface area (Å²) in [7, 11) is 1.39. The maximum Gasteiger partial charge on any atom is 0.236 e. The molecule has 0 aliphatic carbocycles. The third kappa shape index (κ3) is 2.28. The van der Waals surface area contributed by atoms with Crippen molar-refractivity contribution in [3.05, 3.63) is 34.9 Å². The van der Waals surface area contributed by atoms with Gasteiger partial charge in [-0.2, -0.15) is 5.26 Å². The van der Waals surface area contributed by atoms with Crippen molar-refractivity contribution < 1.29 is 9.13 Å². The predicted octanol–water partition coefficient (Wildman–Crippen LogP) is 2.40. The summed E-state index contributed by atoms with van der Waals surface area (Å²) < 4.78 is 18.9. The molecule has 0 atom stereocenters. The molecule has 0 fully saturated rings. The Morgan fingerprint density at radius 1 is 1.42 bits per heavy atom. The van der Waals surface area contributed by atoms with Crippen LogP contribution in [0.1, 0.15) is 5.56 Å². The Morgan fingerprint density at radius 2 is 2.16 bits per heavy atom. The minimum absolute atomic E-state index is 0.0541. The Labute approximate surface area is 113 Å². The van der Waals surface area contributed by atoms with Crippen molar-refractivity contribution in [2.24, 2.45) is 0 Å². The van der Waals surface area contributed by atoms with Gasteiger partial charge in [-0.25, -0.2) is 14.4 Å². The number of hydrogen-bond donors (Lipinski definition) is 1. The number of aromatic nitrogens is 2. The number of nitriles is 1. The van der Waals surface area contributed by atoms with Gasteiger partial charge in [0.25, 0.3) is 0 Å². The molecule has 0 amide bonds. The maximum atomic E-state index is 14.0. The quantitative estimate of drug-likeness (QED) is 0.853. The Balaban J connectivity index is 2.67. The van der Waals surface area contributed by atoms with E-state index in [-0.39, 0.29) is 33.4 Å². The minimum atomic E-state index is -0.645. The van der Waals surface area contributed by atoms with Crippen LogP contribution in [0.15, 0.2) is 18.5 Å². The highest BCUT2D eigenvalue weighted by atomic mass is 35.5. The molecule has 0 unspecified atom stereocenters. The van der Waals surface area contributed by atoms with Crippen LogP contribution in [0.3, 0.4) is 0 Å². The van der Waals surface area contributed by atoms with Crippen LogP contribution in [-0.2, 0) is 0 Å². The van der Waals surface area contributed by atoms with Crippen LogP contribution in [0.2, 0.25) is 5.02 Å². The van der Waals surface area contributed by atoms with Crippen LogP contribution in [-0.4, -0.2) is 17.1 Å². The van der Waals surface area contributed by atoms with Gasteiger partial charge >= 0.3 is 0 Å². The zero-order valence-electron chi connectivity index (χ0n) is 9.82. The number of hydrogen-bond acceptors (Lipinski definition) is 5. The zero-order valence-corrected chi connectivity index (χ0v) is 10.6. The number of nitrogens with zero attached hydrogens (tertiary/aromatic N) is 3. The van der Waals surface area contributed by atoms with Gasteiger partial charge in [-0.15, -0.1) is 0 Å². The van der Waals surface area contributed by atoms with Gasteiger partial charge in [-0.05, 0) is 12.1 Å². The van der Waals surface area contributed by atoms with Crippen molar-refractivity contribution in [1.29, 1.82) is 5.26 Å². The highest BCUT2D eigenvalue weighted by Gasteiger charge is 2.17. The van der Waals surface area contributed by atoms with Crippen molar-refractivity contribution in [3.63, 3.8) is 0 Å². The summed E-state index contributed by atoms with van der Waals surface area (Å²) in [5.41, 5.74) is 6.09. The molecule has 0 saturated carbocycles. The Hall–Kier alpha value is -2.39. The fourth-order valence-electron chi connectivity index (χ4n) is 1.55. The van der Waals surface area contributed by atoms with E-state index >= 15 is 0 Å². The van der Waals surface area contributed by atoms with Crippen molar-refractivity contribution in [2.75, 3.05) is 12.8 Å². The molecule has 0 saturated heterocycles. The van der Waals surface area contributed by atoms with E-state index in [0.717, 1.165) is 6.07 Å². The number of anilines is 1. The molecule has 2 rings (SSSR count). The number of halogens is 2. The molecule has 19 heavy (non-hydrogen) atoms. The second-order valence-corrected chi connectivity index (χ2v) is 3.95. The van der Waals surface area contributed by atoms with Gasteiger partial charge < -0.3 is 10.5 Å². The molecule has 0 radical (unpaired) electrons. The summed E-state index contributed by atoms with van der Waals surface area (Å²) in [5, 5.41) is 8.85. The first-order valence-corrected chi connectivity index (χ1v) is 5.50. The summed E-state index contributed by atoms with van der Waals surface area (Å²) in [5.74, 6) is -0.512. The molecule has 0 aliphatic heterocycles. The summed E-state index contributed by atoms with van der Waals surface area (Å²) in [4.78, 5) is 7.71. The summed E-state index contributed by atoms with van der Waals surface area (Å²) in [6.07, 6.45) is 1.20. The molecule has 1 heterocycles. The monoisotopic (exact) mass is 278 g/mol. The van der Waals surface area contributed by atoms with E-state index in [2.05, 4.69) is 9.97 Å². The first-order valence-electron chi connectivity index (χ1n) is 5.12. The average molecular weight is 279 g/mol. The molecule has 2 aromatic rings. The zero-order chi connectivity index (χ0) is 14.0. The van der Waals surface area contributed by atoms with E-state index in [4.69, 9.17) is 27.3 Å². The molecule has 7 heteroatoms. The highest BCUT2D eigenvalue weighted by molar-refractivity contribution is 6.34. The molecule has 2 N–H and O–H groups in total. The number of nitrogens with two attached hydrogens (primary N) is 1. The van der Waals surface area contributed by atoms with E-state index in [1.807, 2.05) is 0 Å². The Bertz CT molecular complexity index is 684. The van der Waals surface area contributed by atoms with Crippen molar-refractivity contribution in [2.45, 2.75) is 0 Å². The summed E-state index contributed by atoms with van der Waals surface area (Å²) in [6, 6.07) is 4.14. The van der Waals surface area contributed by atoms with Gasteiger partial charge in [0.2, 0.25) is 5.88 Å². The Morgan fingerprint density at radius 3 is 2.79 bits per heavy atom. The van der Waals surface area contributed by atoms with Gasteiger partial charge in [0.15, 0.2) is 0 Å². The number of methoxy groups -OCH3 is 1. The standard InChI is InChI=1S/C12H8ClFN4O/c1-19-12-10(13)11(17-5-18-12)7-3-9(16)6(4-15)2-8(7)14/h2-3,5H,16H2,1H3. The van der Waals surface area contributed by atoms with Gasteiger partial charge in [0, 0.05) is 5.56 Å². The van der Waals surface area contributed by atoms with Gasteiger partial charge in [0.05, 0.1) is 24.1 Å². The van der Waals surface area contributed by atoms with Gasteiger partial charge in [-0.3, -0.25) is 0 Å². The molecule has 96 valence electrons. The van der Waals surface area contributed by atoms with E-state index in [0.29, 0.717) is 0 Å². The predicted molar refractivity (Wildman–Crippen MR) is 68.1 cm³/mol. The number of benzene rings is 1. The smallest absolute Gasteiger partial charge is 0.236 e. The van der Waals surface area contributed by atoms with E-state index < -0.39 is 5.82 Å². The van der Waals surface area contributed by atoms with Crippen LogP contribution < -0.4 is 10.5 Å². The largest absolute Gasteiger partial charge is 0.480 e. The number of ether oxygens (including phenoxy) is 1. The van der Waals surface area contributed by atoms with Crippen molar-refractivity contribution in [3.8, 4) is 23.2 Å². The average Bonchev–Trinajstić information content (AvgIpc) is 2.41. The van der Waals surface area contributed by atoms with Crippen LogP contribution in [0.5, 0.6) is 5.88 Å². The molecular weight excluding hydrogens is 271 g/mol. The maximum absolute atomic E-state index is 14.0. The third-order valence-corrected chi connectivity index (χ3v) is 2.81. The second kappa shape index (κ2) is 5.08. The van der Waals surface area contributed by atoms with Crippen molar-refractivity contribution in [1.82, 2.24) is 9.97 Å². The minimum Gasteiger partial charge on any atom is -0.480 e. The fourth-order valence-corrected chi connectivity index (χ4v) is 1.83. The van der Waals surface area contributed by atoms with E-state index in [1.54, 1.807) is 6.07 Å². The van der Waals surface area contributed by atoms with E-state index in [9.17, 15) is 4.39 Å². The molecule has 1 aromatic heterocycles. The lowest BCUT2D eigenvalue weighted by atomic mass is 10.1. The topological polar surface area (TPSA) is 84.8 Å². The molecule has 1 aromatic carbocycles. The Kier molecular flexibility index (Phi) is 3.49. The first kappa shape index (κ1) is 13.1. The first-order chi connectivity index (χ1) is 9.08. The van der Waals surface area contributed by atoms with Crippen LogP contribution in [0, 0.1) is 17.1 Å². The molecule has 0 spiro atoms. The lowest BCUT2D eigenvalue weighted by molar-refractivity contribution is 0.397. The molecular formula is C12H8ClFN4O. The number of rotatable bonds is 2. The fraction of sp³-hybridized carbons (Fsp3) is 0.0833. The van der Waals surface area contributed by atoms with Crippen molar-refractivity contribution >= 4 is 17.3 Å². The number of nitrogen functional groups attached to an aromatic ring is 1. The second-order valence-electron chi connectivity index (χ2n) is 3.58. The third-order valence-electron chi connectivity index (χ3n) is 2.47. The molecule has 0 bridgehead atoms. The lowest BCUT2D eigenvalue weighted by Crippen LogP contribution is -1.98. The van der Waals surface area contributed by atoms with Gasteiger partial charge in [-0.1, -0.05) is 11.6 Å². The van der Waals surface area contributed by atoms with Crippen LogP contribution in [0.25, 0.3) is 11.3 Å².